The molecule has 0 radical (unpaired) electrons. The Hall–Kier alpha value is -2.28. The van der Waals surface area contributed by atoms with Crippen LogP contribution in [-0.2, 0) is 6.42 Å². The Labute approximate surface area is 106 Å². The molecule has 0 aliphatic carbocycles. The highest BCUT2D eigenvalue weighted by atomic mass is 15.1. The number of benzene rings is 2. The minimum atomic E-state index is 1.02. The van der Waals surface area contributed by atoms with E-state index >= 15 is 0 Å². The Morgan fingerprint density at radius 2 is 1.78 bits per heavy atom. The summed E-state index contributed by atoms with van der Waals surface area (Å²) in [5.41, 5.74) is 3.99. The van der Waals surface area contributed by atoms with Gasteiger partial charge in [-0.15, -0.1) is 0 Å². The Bertz CT molecular complexity index is 719. The van der Waals surface area contributed by atoms with Gasteiger partial charge < -0.3 is 4.90 Å². The van der Waals surface area contributed by atoms with Crippen LogP contribution in [-0.4, -0.2) is 0 Å². The predicted molar refractivity (Wildman–Crippen MR) is 76.5 cm³/mol. The highest BCUT2D eigenvalue weighted by Crippen LogP contribution is 2.35. The first kappa shape index (κ1) is 9.72. The molecule has 2 aliphatic rings. The van der Waals surface area contributed by atoms with Gasteiger partial charge in [0.1, 0.15) is 0 Å². The van der Waals surface area contributed by atoms with Crippen LogP contribution in [0.1, 0.15) is 5.56 Å². The second-order valence-corrected chi connectivity index (χ2v) is 4.73. The standard InChI is InChI=1S/C17H13N/c1-2-6-14-12-17-15(11-13(14)5-1)8-9-16-7-3-4-10-18(16)17/h1-7,9-12H,8H2. The Kier molecular flexibility index (Phi) is 1.95. The van der Waals surface area contributed by atoms with Gasteiger partial charge in [0.2, 0.25) is 0 Å². The minimum absolute atomic E-state index is 1.02. The lowest BCUT2D eigenvalue weighted by atomic mass is 9.97. The quantitative estimate of drug-likeness (QED) is 0.657. The van der Waals surface area contributed by atoms with Crippen LogP contribution < -0.4 is 4.90 Å². The van der Waals surface area contributed by atoms with Crippen LogP contribution in [0.25, 0.3) is 10.8 Å². The smallest absolute Gasteiger partial charge is 0.0496 e. The molecule has 0 saturated heterocycles. The second-order valence-electron chi connectivity index (χ2n) is 4.73. The molecule has 0 bridgehead atoms. The van der Waals surface area contributed by atoms with Crippen LogP contribution in [0.3, 0.4) is 0 Å². The molecule has 0 amide bonds. The van der Waals surface area contributed by atoms with E-state index < -0.39 is 0 Å². The van der Waals surface area contributed by atoms with Gasteiger partial charge in [-0.25, -0.2) is 0 Å². The summed E-state index contributed by atoms with van der Waals surface area (Å²) in [6.07, 6.45) is 11.8. The average molecular weight is 231 g/mol. The van der Waals surface area contributed by atoms with Gasteiger partial charge >= 0.3 is 0 Å². The molecule has 2 aromatic carbocycles. The van der Waals surface area contributed by atoms with Crippen molar-refractivity contribution in [2.24, 2.45) is 0 Å². The fourth-order valence-electron chi connectivity index (χ4n) is 2.72. The Morgan fingerprint density at radius 1 is 0.944 bits per heavy atom. The molecule has 0 fully saturated rings. The van der Waals surface area contributed by atoms with E-state index in [0.29, 0.717) is 0 Å². The van der Waals surface area contributed by atoms with Gasteiger partial charge in [0, 0.05) is 17.6 Å². The van der Waals surface area contributed by atoms with Gasteiger partial charge in [-0.2, -0.15) is 0 Å². The van der Waals surface area contributed by atoms with Gasteiger partial charge in [-0.3, -0.25) is 0 Å². The lowest BCUT2D eigenvalue weighted by Crippen LogP contribution is -2.20. The largest absolute Gasteiger partial charge is 0.317 e. The molecule has 0 aromatic heterocycles. The van der Waals surface area contributed by atoms with E-state index in [-0.39, 0.29) is 0 Å². The first-order valence-electron chi connectivity index (χ1n) is 6.28. The first-order chi connectivity index (χ1) is 8.92. The van der Waals surface area contributed by atoms with Crippen LogP contribution >= 0.6 is 0 Å². The number of rotatable bonds is 0. The van der Waals surface area contributed by atoms with Crippen molar-refractivity contribution >= 4 is 16.5 Å². The van der Waals surface area contributed by atoms with Gasteiger partial charge in [0.05, 0.1) is 0 Å². The number of allylic oxidation sites excluding steroid dienone is 4. The molecule has 0 atom stereocenters. The normalized spacial score (nSPS) is 16.4. The first-order valence-corrected chi connectivity index (χ1v) is 6.28. The summed E-state index contributed by atoms with van der Waals surface area (Å²) in [5, 5.41) is 2.63. The zero-order valence-corrected chi connectivity index (χ0v) is 10.0. The summed E-state index contributed by atoms with van der Waals surface area (Å²) in [4.78, 5) is 2.27. The molecule has 0 spiro atoms. The number of hydrogen-bond donors (Lipinski definition) is 0. The summed E-state index contributed by atoms with van der Waals surface area (Å²) < 4.78 is 0. The van der Waals surface area contributed by atoms with Crippen molar-refractivity contribution in [1.82, 2.24) is 0 Å². The molecule has 0 unspecified atom stereocenters. The van der Waals surface area contributed by atoms with Crippen molar-refractivity contribution < 1.29 is 0 Å². The van der Waals surface area contributed by atoms with Crippen molar-refractivity contribution in [3.05, 3.63) is 78.2 Å². The number of fused-ring (bicyclic) bond motifs is 4. The zero-order chi connectivity index (χ0) is 11.9. The highest BCUT2D eigenvalue weighted by Gasteiger charge is 2.18. The molecule has 2 aliphatic heterocycles. The van der Waals surface area contributed by atoms with Crippen molar-refractivity contribution in [1.29, 1.82) is 0 Å². The van der Waals surface area contributed by atoms with Gasteiger partial charge in [-0.05, 0) is 47.0 Å². The van der Waals surface area contributed by atoms with Gasteiger partial charge in [0.25, 0.3) is 0 Å². The average Bonchev–Trinajstić information content (AvgIpc) is 2.45. The van der Waals surface area contributed by atoms with E-state index in [1.807, 2.05) is 0 Å². The van der Waals surface area contributed by atoms with E-state index in [2.05, 4.69) is 71.8 Å². The van der Waals surface area contributed by atoms with Gasteiger partial charge in [0.15, 0.2) is 0 Å². The summed E-state index contributed by atoms with van der Waals surface area (Å²) in [6.45, 7) is 0. The van der Waals surface area contributed by atoms with E-state index in [0.717, 1.165) is 6.42 Å². The molecule has 18 heavy (non-hydrogen) atoms. The summed E-state index contributed by atoms with van der Waals surface area (Å²) in [5.74, 6) is 0. The second kappa shape index (κ2) is 3.61. The predicted octanol–water partition coefficient (Wildman–Crippen LogP) is 4.17. The van der Waals surface area contributed by atoms with E-state index in [9.17, 15) is 0 Å². The number of hydrogen-bond acceptors (Lipinski definition) is 1. The molecular formula is C17H13N. The van der Waals surface area contributed by atoms with Crippen LogP contribution in [0.2, 0.25) is 0 Å². The lowest BCUT2D eigenvalue weighted by Gasteiger charge is -2.30. The topological polar surface area (TPSA) is 3.24 Å². The monoisotopic (exact) mass is 231 g/mol. The molecular weight excluding hydrogens is 218 g/mol. The fraction of sp³-hybridized carbons (Fsp3) is 0.0588. The molecule has 86 valence electrons. The van der Waals surface area contributed by atoms with Crippen LogP contribution in [0.15, 0.2) is 72.6 Å². The third-order valence-corrected chi connectivity index (χ3v) is 3.63. The maximum atomic E-state index is 2.31. The van der Waals surface area contributed by atoms with Crippen molar-refractivity contribution in [3.8, 4) is 0 Å². The third kappa shape index (κ3) is 1.34. The van der Waals surface area contributed by atoms with E-state index in [4.69, 9.17) is 0 Å². The lowest BCUT2D eigenvalue weighted by molar-refractivity contribution is 1.08. The molecule has 0 N–H and O–H groups in total. The Balaban J connectivity index is 1.97. The van der Waals surface area contributed by atoms with E-state index in [1.165, 1.54) is 27.7 Å². The molecule has 0 saturated carbocycles. The molecule has 4 rings (SSSR count). The molecule has 2 heterocycles. The summed E-state index contributed by atoms with van der Waals surface area (Å²) >= 11 is 0. The third-order valence-electron chi connectivity index (χ3n) is 3.63. The zero-order valence-electron chi connectivity index (χ0n) is 10.0. The SMILES string of the molecule is C1=CC2=CCc3cc4ccccc4cc3N2C=C1. The molecule has 2 aromatic rings. The van der Waals surface area contributed by atoms with Crippen LogP contribution in [0.4, 0.5) is 5.69 Å². The summed E-state index contributed by atoms with van der Waals surface area (Å²) in [7, 11) is 0. The Morgan fingerprint density at radius 3 is 2.67 bits per heavy atom. The van der Waals surface area contributed by atoms with Crippen LogP contribution in [0, 0.1) is 0 Å². The van der Waals surface area contributed by atoms with Crippen molar-refractivity contribution in [2.75, 3.05) is 4.90 Å². The maximum absolute atomic E-state index is 2.31. The molecule has 1 nitrogen and oxygen atoms in total. The fourth-order valence-corrected chi connectivity index (χ4v) is 2.72. The van der Waals surface area contributed by atoms with Gasteiger partial charge in [-0.1, -0.05) is 36.4 Å². The number of anilines is 1. The maximum Gasteiger partial charge on any atom is 0.0496 e. The highest BCUT2D eigenvalue weighted by molar-refractivity contribution is 5.89. The summed E-state index contributed by atoms with van der Waals surface area (Å²) in [6, 6.07) is 13.2. The number of nitrogens with zero attached hydrogens (tertiary/aromatic N) is 1. The van der Waals surface area contributed by atoms with Crippen LogP contribution in [0.5, 0.6) is 0 Å². The van der Waals surface area contributed by atoms with Crippen molar-refractivity contribution in [3.63, 3.8) is 0 Å². The minimum Gasteiger partial charge on any atom is -0.317 e. The van der Waals surface area contributed by atoms with Crippen molar-refractivity contribution in [2.45, 2.75) is 6.42 Å². The van der Waals surface area contributed by atoms with E-state index in [1.54, 1.807) is 0 Å². The molecule has 1 heteroatoms.